The van der Waals surface area contributed by atoms with Gasteiger partial charge in [-0.15, -0.1) is 0 Å². The molecule has 2 aromatic heterocycles. The highest BCUT2D eigenvalue weighted by atomic mass is 16.1. The van der Waals surface area contributed by atoms with Crippen molar-refractivity contribution in [3.8, 4) is 11.4 Å². The number of pyridine rings is 1. The van der Waals surface area contributed by atoms with Gasteiger partial charge in [0.05, 0.1) is 5.56 Å². The normalized spacial score (nSPS) is 15.8. The number of imidazole rings is 1. The zero-order valence-electron chi connectivity index (χ0n) is 9.60. The van der Waals surface area contributed by atoms with E-state index in [4.69, 9.17) is 0 Å². The summed E-state index contributed by atoms with van der Waals surface area (Å²) in [5.74, 6) is 1.53. The van der Waals surface area contributed by atoms with Gasteiger partial charge in [0.25, 0.3) is 5.56 Å². The molecule has 88 valence electrons. The minimum atomic E-state index is -0.0754. The maximum absolute atomic E-state index is 11.7. The molecule has 0 bridgehead atoms. The van der Waals surface area contributed by atoms with Gasteiger partial charge in [-0.1, -0.05) is 6.42 Å². The molecule has 0 atom stereocenters. The number of nitrogens with zero attached hydrogens (tertiary/aromatic N) is 2. The lowest BCUT2D eigenvalue weighted by atomic mass is 9.85. The molecule has 1 aliphatic rings. The summed E-state index contributed by atoms with van der Waals surface area (Å²) in [6.07, 6.45) is 9.29. The maximum atomic E-state index is 11.7. The highest BCUT2D eigenvalue weighted by Gasteiger charge is 2.19. The number of H-pyrrole nitrogens is 1. The van der Waals surface area contributed by atoms with Crippen molar-refractivity contribution < 1.29 is 0 Å². The average molecular weight is 229 g/mol. The minimum Gasteiger partial charge on any atom is -0.331 e. The zero-order chi connectivity index (χ0) is 11.7. The summed E-state index contributed by atoms with van der Waals surface area (Å²) in [7, 11) is 0. The van der Waals surface area contributed by atoms with E-state index < -0.39 is 0 Å². The Kier molecular flexibility index (Phi) is 2.55. The van der Waals surface area contributed by atoms with Gasteiger partial charge in [0.15, 0.2) is 0 Å². The maximum Gasteiger partial charge on any atom is 0.258 e. The molecule has 0 aliphatic heterocycles. The number of aromatic amines is 1. The van der Waals surface area contributed by atoms with E-state index in [2.05, 4.69) is 14.5 Å². The van der Waals surface area contributed by atoms with Crippen molar-refractivity contribution in [3.05, 3.63) is 41.1 Å². The molecule has 0 aromatic carbocycles. The van der Waals surface area contributed by atoms with E-state index >= 15 is 0 Å². The summed E-state index contributed by atoms with van der Waals surface area (Å²) in [4.78, 5) is 18.7. The van der Waals surface area contributed by atoms with Crippen LogP contribution in [0.5, 0.6) is 0 Å². The van der Waals surface area contributed by atoms with Crippen molar-refractivity contribution in [2.24, 2.45) is 5.92 Å². The number of hydrogen-bond donors (Lipinski definition) is 1. The SMILES string of the molecule is O=c1[nH]cccc1-c1nccn1CC1CCC1. The van der Waals surface area contributed by atoms with Crippen molar-refractivity contribution in [2.75, 3.05) is 0 Å². The van der Waals surface area contributed by atoms with Crippen LogP contribution < -0.4 is 5.56 Å². The molecule has 0 spiro atoms. The summed E-state index contributed by atoms with van der Waals surface area (Å²) >= 11 is 0. The Morgan fingerprint density at radius 2 is 2.35 bits per heavy atom. The van der Waals surface area contributed by atoms with E-state index in [1.807, 2.05) is 18.3 Å². The quantitative estimate of drug-likeness (QED) is 0.875. The molecule has 1 fully saturated rings. The Hall–Kier alpha value is -1.84. The molecule has 17 heavy (non-hydrogen) atoms. The van der Waals surface area contributed by atoms with Crippen LogP contribution in [0.1, 0.15) is 19.3 Å². The second-order valence-electron chi connectivity index (χ2n) is 4.61. The van der Waals surface area contributed by atoms with Crippen LogP contribution in [-0.2, 0) is 6.54 Å². The lowest BCUT2D eigenvalue weighted by Gasteiger charge is -2.26. The van der Waals surface area contributed by atoms with Crippen LogP contribution in [0.15, 0.2) is 35.5 Å². The Bertz CT molecular complexity index is 566. The van der Waals surface area contributed by atoms with E-state index in [1.54, 1.807) is 12.4 Å². The third-order valence-electron chi connectivity index (χ3n) is 3.45. The van der Waals surface area contributed by atoms with Crippen molar-refractivity contribution in [1.82, 2.24) is 14.5 Å². The molecular formula is C13H15N3O. The van der Waals surface area contributed by atoms with Gasteiger partial charge in [-0.3, -0.25) is 4.79 Å². The van der Waals surface area contributed by atoms with E-state index in [1.165, 1.54) is 19.3 Å². The van der Waals surface area contributed by atoms with Gasteiger partial charge in [-0.2, -0.15) is 0 Å². The van der Waals surface area contributed by atoms with Crippen LogP contribution in [0.25, 0.3) is 11.4 Å². The Morgan fingerprint density at radius 1 is 1.47 bits per heavy atom. The van der Waals surface area contributed by atoms with Crippen molar-refractivity contribution >= 4 is 0 Å². The number of rotatable bonds is 3. The lowest BCUT2D eigenvalue weighted by molar-refractivity contribution is 0.277. The van der Waals surface area contributed by atoms with Crippen LogP contribution in [0, 0.1) is 5.92 Å². The third kappa shape index (κ3) is 1.90. The highest BCUT2D eigenvalue weighted by molar-refractivity contribution is 5.53. The van der Waals surface area contributed by atoms with Crippen LogP contribution in [0.2, 0.25) is 0 Å². The summed E-state index contributed by atoms with van der Waals surface area (Å²) in [5, 5.41) is 0. The molecule has 1 saturated carbocycles. The van der Waals surface area contributed by atoms with Crippen LogP contribution in [0.3, 0.4) is 0 Å². The van der Waals surface area contributed by atoms with E-state index in [0.29, 0.717) is 5.56 Å². The molecule has 4 nitrogen and oxygen atoms in total. The summed E-state index contributed by atoms with van der Waals surface area (Å²) in [6, 6.07) is 3.65. The molecule has 3 rings (SSSR count). The Balaban J connectivity index is 1.95. The number of nitrogens with one attached hydrogen (secondary N) is 1. The van der Waals surface area contributed by atoms with Gasteiger partial charge in [0, 0.05) is 25.1 Å². The minimum absolute atomic E-state index is 0.0754. The summed E-state index contributed by atoms with van der Waals surface area (Å²) in [5.41, 5.74) is 0.574. The van der Waals surface area contributed by atoms with Crippen LogP contribution in [-0.4, -0.2) is 14.5 Å². The molecular weight excluding hydrogens is 214 g/mol. The van der Waals surface area contributed by atoms with Gasteiger partial charge in [0.2, 0.25) is 0 Å². The van der Waals surface area contributed by atoms with E-state index in [9.17, 15) is 4.79 Å². The first-order valence-corrected chi connectivity index (χ1v) is 6.04. The average Bonchev–Trinajstić information content (AvgIpc) is 2.72. The molecule has 1 N–H and O–H groups in total. The first-order chi connectivity index (χ1) is 8.34. The molecule has 4 heteroatoms. The summed E-state index contributed by atoms with van der Waals surface area (Å²) in [6.45, 7) is 0.976. The van der Waals surface area contributed by atoms with E-state index in [-0.39, 0.29) is 5.56 Å². The van der Waals surface area contributed by atoms with Crippen molar-refractivity contribution in [1.29, 1.82) is 0 Å². The highest BCUT2D eigenvalue weighted by Crippen LogP contribution is 2.29. The fraction of sp³-hybridized carbons (Fsp3) is 0.385. The monoisotopic (exact) mass is 229 g/mol. The molecule has 2 heterocycles. The first kappa shape index (κ1) is 10.3. The topological polar surface area (TPSA) is 50.7 Å². The number of hydrogen-bond acceptors (Lipinski definition) is 2. The smallest absolute Gasteiger partial charge is 0.258 e. The Morgan fingerprint density at radius 3 is 3.06 bits per heavy atom. The van der Waals surface area contributed by atoms with Crippen molar-refractivity contribution in [2.45, 2.75) is 25.8 Å². The Labute approximate surface area is 99.3 Å². The van der Waals surface area contributed by atoms with Crippen molar-refractivity contribution in [3.63, 3.8) is 0 Å². The van der Waals surface area contributed by atoms with Crippen LogP contribution >= 0.6 is 0 Å². The first-order valence-electron chi connectivity index (χ1n) is 6.04. The van der Waals surface area contributed by atoms with Crippen LogP contribution in [0.4, 0.5) is 0 Å². The molecule has 0 unspecified atom stereocenters. The molecule has 0 radical (unpaired) electrons. The van der Waals surface area contributed by atoms with E-state index in [0.717, 1.165) is 18.3 Å². The predicted molar refractivity (Wildman–Crippen MR) is 65.6 cm³/mol. The predicted octanol–water partition coefficient (Wildman–Crippen LogP) is 2.04. The molecule has 0 amide bonds. The second-order valence-corrected chi connectivity index (χ2v) is 4.61. The lowest BCUT2D eigenvalue weighted by Crippen LogP contribution is -2.19. The zero-order valence-corrected chi connectivity index (χ0v) is 9.60. The van der Waals surface area contributed by atoms with Gasteiger partial charge in [-0.25, -0.2) is 4.98 Å². The van der Waals surface area contributed by atoms with Gasteiger partial charge >= 0.3 is 0 Å². The molecule has 0 saturated heterocycles. The van der Waals surface area contributed by atoms with Gasteiger partial charge in [0.1, 0.15) is 5.82 Å². The standard InChI is InChI=1S/C13H15N3O/c17-13-11(5-2-6-15-13)12-14-7-8-16(12)9-10-3-1-4-10/h2,5-8,10H,1,3-4,9H2,(H,15,17). The van der Waals surface area contributed by atoms with Gasteiger partial charge in [-0.05, 0) is 30.9 Å². The molecule has 1 aliphatic carbocycles. The largest absolute Gasteiger partial charge is 0.331 e. The number of aromatic nitrogens is 3. The third-order valence-corrected chi connectivity index (χ3v) is 3.45. The fourth-order valence-electron chi connectivity index (χ4n) is 2.25. The van der Waals surface area contributed by atoms with Gasteiger partial charge < -0.3 is 9.55 Å². The second kappa shape index (κ2) is 4.20. The fourth-order valence-corrected chi connectivity index (χ4v) is 2.25. The molecule has 2 aromatic rings. The summed E-state index contributed by atoms with van der Waals surface area (Å²) < 4.78 is 2.09.